The quantitative estimate of drug-likeness (QED) is 0.0909. The van der Waals surface area contributed by atoms with E-state index in [9.17, 15) is 65.9 Å². The van der Waals surface area contributed by atoms with Gasteiger partial charge in [-0.3, -0.25) is 0 Å². The third-order valence-corrected chi connectivity index (χ3v) is 6.21. The number of anilines is 3. The zero-order valence-electron chi connectivity index (χ0n) is 26.5. The molecule has 0 saturated carbocycles. The Morgan fingerprint density at radius 2 is 0.365 bits per heavy atom. The predicted octanol–water partition coefficient (Wildman–Crippen LogP) is 8.28. The molecule has 3 heterocycles. The Labute approximate surface area is 318 Å². The molecule has 6 rings (SSSR count). The molecule has 22 heteroatoms. The number of nitrogens with two attached hydrogens (primary N) is 3. The van der Waals surface area contributed by atoms with Gasteiger partial charge in [-0.2, -0.15) is 0 Å². The molecule has 3 saturated heterocycles. The molecule has 3 aliphatic heterocycles. The smallest absolute Gasteiger partial charge is 0.200 e. The van der Waals surface area contributed by atoms with Crippen LogP contribution in [0.15, 0.2) is 0 Å². The summed E-state index contributed by atoms with van der Waals surface area (Å²) in [6.45, 7) is 6.00. The Hall–Kier alpha value is -2.77. The van der Waals surface area contributed by atoms with Crippen molar-refractivity contribution < 1.29 is 120 Å². The Balaban J connectivity index is 0.000000622. The van der Waals surface area contributed by atoms with Crippen LogP contribution in [0.2, 0.25) is 0 Å². The molecule has 3 aromatic carbocycles. The summed E-state index contributed by atoms with van der Waals surface area (Å²) in [6, 6.07) is 0. The summed E-state index contributed by atoms with van der Waals surface area (Å²) in [7, 11) is 0. The molecule has 0 unspecified atom stereocenters. The van der Waals surface area contributed by atoms with E-state index in [0.717, 1.165) is 39.6 Å². The van der Waals surface area contributed by atoms with Gasteiger partial charge in [0.2, 0.25) is 17.5 Å². The van der Waals surface area contributed by atoms with Gasteiger partial charge in [0, 0.05) is 80.0 Å². The molecular formula is C30H30F15N3O3Sm. The maximum atomic E-state index is 12.3. The van der Waals surface area contributed by atoms with Crippen molar-refractivity contribution in [3.8, 4) is 0 Å². The second-order valence-corrected chi connectivity index (χ2v) is 9.91. The van der Waals surface area contributed by atoms with Crippen LogP contribution in [0.25, 0.3) is 0 Å². The zero-order valence-corrected chi connectivity index (χ0v) is 29.1. The first-order chi connectivity index (χ1) is 23.9. The first-order valence-corrected chi connectivity index (χ1v) is 14.4. The summed E-state index contributed by atoms with van der Waals surface area (Å²) in [5.41, 5.74) is 9.56. The molecule has 0 bridgehead atoms. The van der Waals surface area contributed by atoms with Gasteiger partial charge in [0.25, 0.3) is 0 Å². The maximum Gasteiger partial charge on any atom is 0.200 e. The maximum absolute atomic E-state index is 12.3. The average molecular weight is 916 g/mol. The van der Waals surface area contributed by atoms with Crippen LogP contribution in [0.3, 0.4) is 0 Å². The third-order valence-electron chi connectivity index (χ3n) is 6.21. The van der Waals surface area contributed by atoms with Gasteiger partial charge in [-0.1, -0.05) is 0 Å². The van der Waals surface area contributed by atoms with E-state index in [0.29, 0.717) is 0 Å². The fourth-order valence-electron chi connectivity index (χ4n) is 3.40. The summed E-state index contributed by atoms with van der Waals surface area (Å²) in [5, 5.41) is 0. The Bertz CT molecular complexity index is 1070. The van der Waals surface area contributed by atoms with Crippen LogP contribution in [0.4, 0.5) is 82.9 Å². The van der Waals surface area contributed by atoms with E-state index in [1.54, 1.807) is 0 Å². The molecule has 0 aromatic heterocycles. The van der Waals surface area contributed by atoms with Gasteiger partial charge < -0.3 is 31.4 Å². The van der Waals surface area contributed by atoms with Crippen LogP contribution in [0, 0.1) is 128 Å². The molecule has 52 heavy (non-hydrogen) atoms. The van der Waals surface area contributed by atoms with Crippen molar-refractivity contribution in [2.24, 2.45) is 0 Å². The number of hydrogen-bond acceptors (Lipinski definition) is 6. The van der Waals surface area contributed by atoms with Gasteiger partial charge in [-0.05, 0) is 38.5 Å². The summed E-state index contributed by atoms with van der Waals surface area (Å²) in [4.78, 5) is 0. The minimum absolute atomic E-state index is 0. The fourth-order valence-corrected chi connectivity index (χ4v) is 3.40. The van der Waals surface area contributed by atoms with E-state index in [1.807, 2.05) is 0 Å². The second kappa shape index (κ2) is 24.5. The van der Waals surface area contributed by atoms with Crippen molar-refractivity contribution >= 4 is 17.1 Å². The minimum atomic E-state index is -2.21. The zero-order chi connectivity index (χ0) is 39.0. The first-order valence-electron chi connectivity index (χ1n) is 14.4. The summed E-state index contributed by atoms with van der Waals surface area (Å²) < 4.78 is 198. The van der Waals surface area contributed by atoms with E-state index in [-0.39, 0.29) is 40.4 Å². The Morgan fingerprint density at radius 3 is 0.462 bits per heavy atom. The molecule has 0 aliphatic carbocycles. The van der Waals surface area contributed by atoms with Crippen LogP contribution in [0.5, 0.6) is 0 Å². The molecule has 6 N–H and O–H groups in total. The Kier molecular flexibility index (Phi) is 23.2. The molecule has 0 radical (unpaired) electrons. The van der Waals surface area contributed by atoms with Crippen LogP contribution < -0.4 is 17.2 Å². The van der Waals surface area contributed by atoms with Crippen molar-refractivity contribution in [2.75, 3.05) is 56.8 Å². The number of halogens is 15. The molecule has 3 aliphatic rings. The van der Waals surface area contributed by atoms with E-state index in [1.165, 1.54) is 38.5 Å². The van der Waals surface area contributed by atoms with Crippen molar-refractivity contribution in [3.63, 3.8) is 0 Å². The van der Waals surface area contributed by atoms with E-state index >= 15 is 0 Å². The summed E-state index contributed by atoms with van der Waals surface area (Å²) >= 11 is 0. The second-order valence-electron chi connectivity index (χ2n) is 9.91. The number of ether oxygens (including phenoxy) is 3. The number of hydrogen-bond donors (Lipinski definition) is 3. The normalized spacial score (nSPS) is 14.1. The van der Waals surface area contributed by atoms with E-state index < -0.39 is 104 Å². The Morgan fingerprint density at radius 1 is 0.250 bits per heavy atom. The predicted molar refractivity (Wildman–Crippen MR) is 152 cm³/mol. The molecule has 0 amide bonds. The van der Waals surface area contributed by atoms with Crippen molar-refractivity contribution in [1.82, 2.24) is 0 Å². The standard InChI is InChI=1S/3C6H2F5N.3C4H8O.Sm/c3*7-1-2(8)4(10)6(12)5(11)3(1)9;3*1-2-4-5-3-1;/h3*12H2;3*1-4H2;. The van der Waals surface area contributed by atoms with Gasteiger partial charge in [-0.25, -0.2) is 65.9 Å². The number of nitrogen functional groups attached to an aromatic ring is 3. The van der Waals surface area contributed by atoms with Crippen LogP contribution in [-0.2, 0) is 14.2 Å². The molecule has 3 fully saturated rings. The van der Waals surface area contributed by atoms with Crippen molar-refractivity contribution in [1.29, 1.82) is 0 Å². The summed E-state index contributed by atoms with van der Waals surface area (Å²) in [5.74, 6) is -30.9. The number of rotatable bonds is 0. The third kappa shape index (κ3) is 14.2. The van der Waals surface area contributed by atoms with Gasteiger partial charge in [0.15, 0.2) is 69.8 Å². The molecule has 3 aromatic rings. The van der Waals surface area contributed by atoms with Gasteiger partial charge in [0.05, 0.1) is 0 Å². The van der Waals surface area contributed by atoms with Gasteiger partial charge in [0.1, 0.15) is 17.1 Å². The van der Waals surface area contributed by atoms with Gasteiger partial charge in [-0.15, -0.1) is 0 Å². The SMILES string of the molecule is C1CCOC1.C1CCOC1.C1CCOC1.Nc1c(F)c(F)c(F)c(F)c1F.Nc1c(F)c(F)c(F)c(F)c1F.Nc1c(F)c(F)c(F)c(F)c1F.[Sm]. The van der Waals surface area contributed by atoms with Crippen LogP contribution in [0.1, 0.15) is 38.5 Å². The molecule has 294 valence electrons. The van der Waals surface area contributed by atoms with Gasteiger partial charge >= 0.3 is 0 Å². The van der Waals surface area contributed by atoms with Crippen molar-refractivity contribution in [3.05, 3.63) is 87.3 Å². The van der Waals surface area contributed by atoms with Crippen LogP contribution in [-0.4, -0.2) is 39.6 Å². The van der Waals surface area contributed by atoms with E-state index in [2.05, 4.69) is 17.2 Å². The number of benzene rings is 3. The van der Waals surface area contributed by atoms with Crippen LogP contribution >= 0.6 is 0 Å². The van der Waals surface area contributed by atoms with E-state index in [4.69, 9.17) is 14.2 Å². The van der Waals surface area contributed by atoms with Crippen molar-refractivity contribution in [2.45, 2.75) is 38.5 Å². The minimum Gasteiger partial charge on any atom is -0.394 e. The molecule has 6 nitrogen and oxygen atoms in total. The fraction of sp³-hybridized carbons (Fsp3) is 0.400. The topological polar surface area (TPSA) is 106 Å². The summed E-state index contributed by atoms with van der Waals surface area (Å²) in [6.07, 6.45) is 7.67. The molecule has 0 spiro atoms. The monoisotopic (exact) mass is 917 g/mol. The molecular weight excluding hydrogens is 886 g/mol. The largest absolute Gasteiger partial charge is 0.394 e. The molecule has 0 atom stereocenters. The first kappa shape index (κ1) is 49.2. The average Bonchev–Trinajstić information content (AvgIpc) is 3.99.